The van der Waals surface area contributed by atoms with Crippen molar-refractivity contribution in [3.05, 3.63) is 0 Å². The first-order valence-corrected chi connectivity index (χ1v) is 6.01. The molecule has 19 heavy (non-hydrogen) atoms. The van der Waals surface area contributed by atoms with Crippen LogP contribution in [0.25, 0.3) is 0 Å². The summed E-state index contributed by atoms with van der Waals surface area (Å²) in [6, 6.07) is 0. The van der Waals surface area contributed by atoms with Gasteiger partial charge in [0.05, 0.1) is 12.6 Å². The van der Waals surface area contributed by atoms with Gasteiger partial charge < -0.3 is 19.9 Å². The van der Waals surface area contributed by atoms with E-state index in [0.717, 1.165) is 7.11 Å². The Balaban J connectivity index is 2.73. The van der Waals surface area contributed by atoms with Crippen LogP contribution in [0.4, 0.5) is 9.18 Å². The van der Waals surface area contributed by atoms with Crippen LogP contribution < -0.4 is 5.32 Å². The monoisotopic (exact) mass is 277 g/mol. The summed E-state index contributed by atoms with van der Waals surface area (Å²) in [4.78, 5) is 23.0. The van der Waals surface area contributed by atoms with Crippen LogP contribution in [0, 0.1) is 0 Å². The van der Waals surface area contributed by atoms with E-state index < -0.39 is 35.5 Å². The molecule has 1 fully saturated rings. The number of carbonyl (C=O) groups is 2. The van der Waals surface area contributed by atoms with Crippen molar-refractivity contribution in [1.29, 1.82) is 0 Å². The molecule has 1 aliphatic rings. The lowest BCUT2D eigenvalue weighted by Crippen LogP contribution is -2.67. The maximum absolute atomic E-state index is 13.1. The van der Waals surface area contributed by atoms with Crippen molar-refractivity contribution in [2.75, 3.05) is 7.11 Å². The van der Waals surface area contributed by atoms with E-state index in [1.807, 2.05) is 0 Å². The first-order valence-electron chi connectivity index (χ1n) is 6.01. The SMILES string of the molecule is COC(=O)C(O)C1(NC(=O)OC(C)(C)C)CC(F)C1. The van der Waals surface area contributed by atoms with Gasteiger partial charge in [0.25, 0.3) is 0 Å². The van der Waals surface area contributed by atoms with Gasteiger partial charge in [-0.1, -0.05) is 0 Å². The summed E-state index contributed by atoms with van der Waals surface area (Å²) in [5.74, 6) is -0.914. The molecule has 0 aromatic rings. The fraction of sp³-hybridized carbons (Fsp3) is 0.833. The smallest absolute Gasteiger partial charge is 0.408 e. The highest BCUT2D eigenvalue weighted by molar-refractivity contribution is 5.78. The number of ether oxygens (including phenoxy) is 2. The van der Waals surface area contributed by atoms with Crippen molar-refractivity contribution in [1.82, 2.24) is 5.32 Å². The minimum absolute atomic E-state index is 0.150. The minimum Gasteiger partial charge on any atom is -0.467 e. The molecule has 1 amide bonds. The molecular weight excluding hydrogens is 257 g/mol. The maximum atomic E-state index is 13.1. The lowest BCUT2D eigenvalue weighted by Gasteiger charge is -2.46. The normalized spacial score (nSPS) is 28.0. The van der Waals surface area contributed by atoms with Gasteiger partial charge in [0.15, 0.2) is 6.10 Å². The molecule has 110 valence electrons. The van der Waals surface area contributed by atoms with Gasteiger partial charge in [-0.25, -0.2) is 14.0 Å². The van der Waals surface area contributed by atoms with Crippen molar-refractivity contribution >= 4 is 12.1 Å². The van der Waals surface area contributed by atoms with Crippen LogP contribution in [0.3, 0.4) is 0 Å². The second-order valence-corrected chi connectivity index (χ2v) is 5.71. The number of amides is 1. The topological polar surface area (TPSA) is 84.9 Å². The molecule has 1 rings (SSSR count). The van der Waals surface area contributed by atoms with Gasteiger partial charge in [-0.2, -0.15) is 0 Å². The summed E-state index contributed by atoms with van der Waals surface area (Å²) in [5.41, 5.74) is -2.07. The zero-order chi connectivity index (χ0) is 14.8. The van der Waals surface area contributed by atoms with E-state index in [1.54, 1.807) is 20.8 Å². The zero-order valence-electron chi connectivity index (χ0n) is 11.5. The number of esters is 1. The third kappa shape index (κ3) is 3.79. The summed E-state index contributed by atoms with van der Waals surface area (Å²) >= 11 is 0. The molecule has 1 unspecified atom stereocenters. The fourth-order valence-electron chi connectivity index (χ4n) is 1.97. The molecule has 0 spiro atoms. The summed E-state index contributed by atoms with van der Waals surface area (Å²) in [7, 11) is 1.11. The van der Waals surface area contributed by atoms with Crippen molar-refractivity contribution < 1.29 is 28.6 Å². The highest BCUT2D eigenvalue weighted by Crippen LogP contribution is 2.38. The lowest BCUT2D eigenvalue weighted by molar-refractivity contribution is -0.160. The molecule has 0 heterocycles. The summed E-state index contributed by atoms with van der Waals surface area (Å²) < 4.78 is 22.5. The third-order valence-corrected chi connectivity index (χ3v) is 2.87. The van der Waals surface area contributed by atoms with E-state index >= 15 is 0 Å². The van der Waals surface area contributed by atoms with Crippen LogP contribution in [-0.4, -0.2) is 47.7 Å². The first-order chi connectivity index (χ1) is 8.59. The number of methoxy groups -OCH3 is 1. The molecule has 1 saturated carbocycles. The van der Waals surface area contributed by atoms with E-state index in [9.17, 15) is 19.1 Å². The summed E-state index contributed by atoms with van der Waals surface area (Å²) in [6.45, 7) is 5.03. The molecule has 7 heteroatoms. The number of halogens is 1. The molecule has 0 aromatic heterocycles. The minimum atomic E-state index is -1.61. The largest absolute Gasteiger partial charge is 0.467 e. The van der Waals surface area contributed by atoms with E-state index in [0.29, 0.717) is 0 Å². The van der Waals surface area contributed by atoms with Crippen LogP contribution in [0.2, 0.25) is 0 Å². The van der Waals surface area contributed by atoms with Crippen molar-refractivity contribution in [2.24, 2.45) is 0 Å². The van der Waals surface area contributed by atoms with Crippen molar-refractivity contribution in [3.63, 3.8) is 0 Å². The van der Waals surface area contributed by atoms with Crippen molar-refractivity contribution in [3.8, 4) is 0 Å². The number of nitrogens with one attached hydrogen (secondary N) is 1. The molecule has 0 saturated heterocycles. The third-order valence-electron chi connectivity index (χ3n) is 2.87. The highest BCUT2D eigenvalue weighted by atomic mass is 19.1. The molecule has 1 aliphatic carbocycles. The van der Waals surface area contributed by atoms with E-state index in [-0.39, 0.29) is 12.8 Å². The van der Waals surface area contributed by atoms with Crippen LogP contribution in [-0.2, 0) is 14.3 Å². The Kier molecular flexibility index (Phi) is 4.39. The fourth-order valence-corrected chi connectivity index (χ4v) is 1.97. The first kappa shape index (κ1) is 15.7. The molecule has 0 bridgehead atoms. The zero-order valence-corrected chi connectivity index (χ0v) is 11.5. The highest BCUT2D eigenvalue weighted by Gasteiger charge is 2.54. The van der Waals surface area contributed by atoms with Gasteiger partial charge >= 0.3 is 12.1 Å². The quantitative estimate of drug-likeness (QED) is 0.749. The Morgan fingerprint density at radius 3 is 2.32 bits per heavy atom. The summed E-state index contributed by atoms with van der Waals surface area (Å²) in [6.07, 6.45) is -3.89. The lowest BCUT2D eigenvalue weighted by atomic mass is 9.71. The molecule has 0 radical (unpaired) electrons. The van der Waals surface area contributed by atoms with E-state index in [2.05, 4.69) is 10.1 Å². The molecule has 2 N–H and O–H groups in total. The van der Waals surface area contributed by atoms with Crippen LogP contribution in [0.1, 0.15) is 33.6 Å². The number of alkyl carbamates (subject to hydrolysis) is 1. The number of hydrogen-bond acceptors (Lipinski definition) is 5. The van der Waals surface area contributed by atoms with Gasteiger partial charge in [0.2, 0.25) is 0 Å². The Bertz CT molecular complexity index is 360. The van der Waals surface area contributed by atoms with Gasteiger partial charge in [0.1, 0.15) is 11.8 Å². The van der Waals surface area contributed by atoms with E-state index in [1.165, 1.54) is 0 Å². The number of aliphatic hydroxyl groups excluding tert-OH is 1. The van der Waals surface area contributed by atoms with E-state index in [4.69, 9.17) is 4.74 Å². The van der Waals surface area contributed by atoms with Crippen LogP contribution >= 0.6 is 0 Å². The summed E-state index contributed by atoms with van der Waals surface area (Å²) in [5, 5.41) is 12.2. The molecular formula is C12H20FNO5. The van der Waals surface area contributed by atoms with Crippen LogP contribution in [0.5, 0.6) is 0 Å². The maximum Gasteiger partial charge on any atom is 0.408 e. The average molecular weight is 277 g/mol. The van der Waals surface area contributed by atoms with Gasteiger partial charge in [-0.15, -0.1) is 0 Å². The second-order valence-electron chi connectivity index (χ2n) is 5.71. The number of hydrogen-bond donors (Lipinski definition) is 2. The Hall–Kier alpha value is -1.37. The second kappa shape index (κ2) is 5.32. The number of rotatable bonds is 3. The van der Waals surface area contributed by atoms with Crippen molar-refractivity contribution in [2.45, 2.75) is 57.0 Å². The molecule has 1 atom stereocenters. The Morgan fingerprint density at radius 1 is 1.42 bits per heavy atom. The Morgan fingerprint density at radius 2 is 1.95 bits per heavy atom. The van der Waals surface area contributed by atoms with Crippen LogP contribution in [0.15, 0.2) is 0 Å². The number of carbonyl (C=O) groups excluding carboxylic acids is 2. The predicted molar refractivity (Wildman–Crippen MR) is 64.3 cm³/mol. The molecule has 6 nitrogen and oxygen atoms in total. The Labute approximate surface area is 111 Å². The average Bonchev–Trinajstić information content (AvgIpc) is 2.21. The number of alkyl halides is 1. The molecule has 0 aliphatic heterocycles. The van der Waals surface area contributed by atoms with Gasteiger partial charge in [-0.05, 0) is 20.8 Å². The molecule has 0 aromatic carbocycles. The predicted octanol–water partition coefficient (Wildman–Crippen LogP) is 0.916. The van der Waals surface area contributed by atoms with Gasteiger partial charge in [-0.3, -0.25) is 0 Å². The number of aliphatic hydroxyl groups is 1. The standard InChI is InChI=1S/C12H20FNO5/c1-11(2,3)19-10(17)14-12(5-7(13)6-12)8(15)9(16)18-4/h7-8,15H,5-6H2,1-4H3,(H,14,17). The van der Waals surface area contributed by atoms with Gasteiger partial charge in [0, 0.05) is 12.8 Å².